The van der Waals surface area contributed by atoms with Gasteiger partial charge in [-0.25, -0.2) is 4.79 Å². The zero-order chi connectivity index (χ0) is 10.9. The van der Waals surface area contributed by atoms with Gasteiger partial charge in [-0.15, -0.1) is 12.4 Å². The van der Waals surface area contributed by atoms with Crippen molar-refractivity contribution in [1.29, 1.82) is 0 Å². The lowest BCUT2D eigenvalue weighted by atomic mass is 10.0. The van der Waals surface area contributed by atoms with Crippen LogP contribution in [0.25, 0.3) is 0 Å². The lowest BCUT2D eigenvalue weighted by Gasteiger charge is -2.02. The molecule has 15 heavy (non-hydrogen) atoms. The molecule has 0 aliphatic carbocycles. The Morgan fingerprint density at radius 3 is 2.27 bits per heavy atom. The van der Waals surface area contributed by atoms with E-state index in [0.717, 1.165) is 6.07 Å². The van der Waals surface area contributed by atoms with Crippen LogP contribution in [0.1, 0.15) is 21.5 Å². The fraction of sp³-hybridized carbons (Fsp3) is 0.222. The largest absolute Gasteiger partial charge is 0.478 e. The van der Waals surface area contributed by atoms with Gasteiger partial charge in [0.25, 0.3) is 5.69 Å². The van der Waals surface area contributed by atoms with Crippen LogP contribution in [-0.2, 0) is 0 Å². The van der Waals surface area contributed by atoms with E-state index in [1.54, 1.807) is 13.8 Å². The van der Waals surface area contributed by atoms with E-state index in [2.05, 4.69) is 0 Å². The summed E-state index contributed by atoms with van der Waals surface area (Å²) in [5.41, 5.74) is 0.813. The minimum absolute atomic E-state index is 0. The summed E-state index contributed by atoms with van der Waals surface area (Å²) >= 11 is 0. The van der Waals surface area contributed by atoms with Gasteiger partial charge in [0.1, 0.15) is 0 Å². The highest BCUT2D eigenvalue weighted by Crippen LogP contribution is 2.22. The van der Waals surface area contributed by atoms with Crippen molar-refractivity contribution in [3.63, 3.8) is 0 Å². The first kappa shape index (κ1) is 13.4. The predicted octanol–water partition coefficient (Wildman–Crippen LogP) is 2.33. The summed E-state index contributed by atoms with van der Waals surface area (Å²) in [6.45, 7) is 3.19. The van der Waals surface area contributed by atoms with E-state index in [9.17, 15) is 14.9 Å². The van der Waals surface area contributed by atoms with Crippen molar-refractivity contribution in [2.45, 2.75) is 13.8 Å². The zero-order valence-electron chi connectivity index (χ0n) is 8.18. The van der Waals surface area contributed by atoms with Crippen molar-refractivity contribution in [2.24, 2.45) is 0 Å². The first-order chi connectivity index (χ1) is 6.43. The normalized spacial score (nSPS) is 9.20. The summed E-state index contributed by atoms with van der Waals surface area (Å²) in [4.78, 5) is 20.6. The third kappa shape index (κ3) is 2.66. The molecule has 0 bridgehead atoms. The molecule has 82 valence electrons. The smallest absolute Gasteiger partial charge is 0.336 e. The van der Waals surface area contributed by atoms with Gasteiger partial charge in [-0.3, -0.25) is 10.1 Å². The van der Waals surface area contributed by atoms with Gasteiger partial charge in [-0.1, -0.05) is 0 Å². The minimum Gasteiger partial charge on any atom is -0.478 e. The van der Waals surface area contributed by atoms with Gasteiger partial charge in [0, 0.05) is 11.6 Å². The van der Waals surface area contributed by atoms with Crippen molar-refractivity contribution >= 4 is 24.1 Å². The van der Waals surface area contributed by atoms with Gasteiger partial charge in [0.15, 0.2) is 0 Å². The van der Waals surface area contributed by atoms with Crippen molar-refractivity contribution in [3.8, 4) is 0 Å². The summed E-state index contributed by atoms with van der Waals surface area (Å²) in [5.74, 6) is -1.15. The van der Waals surface area contributed by atoms with E-state index >= 15 is 0 Å². The maximum absolute atomic E-state index is 10.7. The molecule has 6 heteroatoms. The summed E-state index contributed by atoms with van der Waals surface area (Å²) in [5, 5.41) is 19.3. The molecule has 0 amide bonds. The second-order valence-corrected chi connectivity index (χ2v) is 3.02. The topological polar surface area (TPSA) is 80.4 Å². The van der Waals surface area contributed by atoms with Crippen molar-refractivity contribution in [1.82, 2.24) is 0 Å². The molecule has 0 heterocycles. The molecule has 0 saturated heterocycles. The summed E-state index contributed by atoms with van der Waals surface area (Å²) in [7, 11) is 0. The first-order valence-electron chi connectivity index (χ1n) is 3.92. The Morgan fingerprint density at radius 1 is 1.33 bits per heavy atom. The Labute approximate surface area is 92.3 Å². The predicted molar refractivity (Wildman–Crippen MR) is 56.8 cm³/mol. The third-order valence-electron chi connectivity index (χ3n) is 1.97. The van der Waals surface area contributed by atoms with E-state index in [1.165, 1.54) is 6.07 Å². The SMILES string of the molecule is Cc1cc(C)c([N+](=O)[O-])cc1C(=O)O.Cl. The van der Waals surface area contributed by atoms with Gasteiger partial charge in [-0.2, -0.15) is 0 Å². The maximum Gasteiger partial charge on any atom is 0.336 e. The quantitative estimate of drug-likeness (QED) is 0.626. The molecule has 0 aliphatic heterocycles. The van der Waals surface area contributed by atoms with Crippen LogP contribution in [0.4, 0.5) is 5.69 Å². The number of nitro groups is 1. The second kappa shape index (κ2) is 4.75. The number of carboxylic acid groups (broad SMARTS) is 1. The molecular weight excluding hydrogens is 222 g/mol. The highest BCUT2D eigenvalue weighted by molar-refractivity contribution is 5.90. The van der Waals surface area contributed by atoms with Crippen LogP contribution < -0.4 is 0 Å². The molecule has 1 rings (SSSR count). The zero-order valence-corrected chi connectivity index (χ0v) is 9.00. The second-order valence-electron chi connectivity index (χ2n) is 3.02. The van der Waals surface area contributed by atoms with Crippen LogP contribution in [0.2, 0.25) is 0 Å². The molecule has 0 fully saturated rings. The van der Waals surface area contributed by atoms with Crippen LogP contribution in [-0.4, -0.2) is 16.0 Å². The summed E-state index contributed by atoms with van der Waals surface area (Å²) < 4.78 is 0. The molecule has 0 spiro atoms. The number of benzene rings is 1. The van der Waals surface area contributed by atoms with Gasteiger partial charge >= 0.3 is 5.97 Å². The molecule has 5 nitrogen and oxygen atoms in total. The number of nitro benzene ring substituents is 1. The standard InChI is InChI=1S/C9H9NO4.ClH/c1-5-3-6(2)8(10(13)14)4-7(5)9(11)12;/h3-4H,1-2H3,(H,11,12);1H. The average molecular weight is 232 g/mol. The lowest BCUT2D eigenvalue weighted by Crippen LogP contribution is -2.02. The van der Waals surface area contributed by atoms with E-state index in [4.69, 9.17) is 5.11 Å². The van der Waals surface area contributed by atoms with Gasteiger partial charge in [0.05, 0.1) is 10.5 Å². The lowest BCUT2D eigenvalue weighted by molar-refractivity contribution is -0.385. The van der Waals surface area contributed by atoms with Crippen LogP contribution in [0, 0.1) is 24.0 Å². The van der Waals surface area contributed by atoms with Crippen LogP contribution in [0.3, 0.4) is 0 Å². The Kier molecular flexibility index (Phi) is 4.23. The molecule has 1 aromatic rings. The molecule has 0 unspecified atom stereocenters. The third-order valence-corrected chi connectivity index (χ3v) is 1.97. The highest BCUT2D eigenvalue weighted by atomic mass is 35.5. The number of carbonyl (C=O) groups is 1. The van der Waals surface area contributed by atoms with Crippen LogP contribution in [0.15, 0.2) is 12.1 Å². The number of rotatable bonds is 2. The summed E-state index contributed by atoms with van der Waals surface area (Å²) in [6.07, 6.45) is 0. The Bertz CT molecular complexity index is 382. The molecule has 1 aromatic carbocycles. The molecule has 0 aliphatic rings. The Balaban J connectivity index is 0.00000196. The number of carboxylic acids is 1. The van der Waals surface area contributed by atoms with Crippen molar-refractivity contribution in [3.05, 3.63) is 38.9 Å². The van der Waals surface area contributed by atoms with Crippen molar-refractivity contribution < 1.29 is 14.8 Å². The highest BCUT2D eigenvalue weighted by Gasteiger charge is 2.16. The molecule has 0 saturated carbocycles. The van der Waals surface area contributed by atoms with Crippen LogP contribution in [0.5, 0.6) is 0 Å². The molecular formula is C9H10ClNO4. The Morgan fingerprint density at radius 2 is 1.87 bits per heavy atom. The number of aryl methyl sites for hydroxylation is 2. The minimum atomic E-state index is -1.15. The molecule has 0 aromatic heterocycles. The number of hydrogen-bond acceptors (Lipinski definition) is 3. The first-order valence-corrected chi connectivity index (χ1v) is 3.92. The van der Waals surface area contributed by atoms with Crippen LogP contribution >= 0.6 is 12.4 Å². The molecule has 0 atom stereocenters. The number of halogens is 1. The van der Waals surface area contributed by atoms with Gasteiger partial charge in [0.2, 0.25) is 0 Å². The van der Waals surface area contributed by atoms with E-state index in [-0.39, 0.29) is 23.7 Å². The van der Waals surface area contributed by atoms with Gasteiger partial charge < -0.3 is 5.11 Å². The Hall–Kier alpha value is -1.62. The van der Waals surface area contributed by atoms with Crippen molar-refractivity contribution in [2.75, 3.05) is 0 Å². The molecule has 0 radical (unpaired) electrons. The van der Waals surface area contributed by atoms with E-state index in [0.29, 0.717) is 11.1 Å². The maximum atomic E-state index is 10.7. The average Bonchev–Trinajstić information content (AvgIpc) is 2.02. The summed E-state index contributed by atoms with van der Waals surface area (Å²) in [6, 6.07) is 2.59. The van der Waals surface area contributed by atoms with E-state index in [1.807, 2.05) is 0 Å². The molecule has 1 N–H and O–H groups in total. The van der Waals surface area contributed by atoms with Gasteiger partial charge in [-0.05, 0) is 25.5 Å². The number of nitrogens with zero attached hydrogens (tertiary/aromatic N) is 1. The van der Waals surface area contributed by atoms with E-state index < -0.39 is 10.9 Å². The number of hydrogen-bond donors (Lipinski definition) is 1. The fourth-order valence-corrected chi connectivity index (χ4v) is 1.27. The number of aromatic carboxylic acids is 1. The monoisotopic (exact) mass is 231 g/mol. The fourth-order valence-electron chi connectivity index (χ4n) is 1.27.